The molecular formula is C32H32ClN5O3. The smallest absolute Gasteiger partial charge is 0.326 e. The Hall–Kier alpha value is -4.14. The topological polar surface area (TPSA) is 90.8 Å². The van der Waals surface area contributed by atoms with Crippen LogP contribution in [0.2, 0.25) is 5.02 Å². The first-order valence-electron chi connectivity index (χ1n) is 13.6. The number of nitrogens with zero attached hydrogens (tertiary/aromatic N) is 4. The number of hydrogen-bond donors (Lipinski definition) is 2. The number of nitrogens with one attached hydrogen (secondary N) is 1. The molecule has 210 valence electrons. The lowest BCUT2D eigenvalue weighted by Gasteiger charge is -2.37. The number of aliphatic hydroxyl groups is 1. The van der Waals surface area contributed by atoms with Gasteiger partial charge in [0, 0.05) is 42.2 Å². The Morgan fingerprint density at radius 2 is 1.76 bits per heavy atom. The zero-order valence-electron chi connectivity index (χ0n) is 23.7. The van der Waals surface area contributed by atoms with E-state index in [0.29, 0.717) is 28.0 Å². The molecule has 2 amide bonds. The van der Waals surface area contributed by atoms with Crippen LogP contribution < -0.4 is 15.0 Å². The summed E-state index contributed by atoms with van der Waals surface area (Å²) in [4.78, 5) is 25.0. The second kappa shape index (κ2) is 10.4. The number of pyridine rings is 2. The molecule has 6 rings (SSSR count). The first-order valence-corrected chi connectivity index (χ1v) is 14.0. The Morgan fingerprint density at radius 3 is 2.54 bits per heavy atom. The predicted octanol–water partition coefficient (Wildman–Crippen LogP) is 6.81. The number of ether oxygens (including phenoxy) is 1. The maximum Gasteiger partial charge on any atom is 0.326 e. The van der Waals surface area contributed by atoms with Gasteiger partial charge in [0.15, 0.2) is 6.23 Å². The number of amides is 2. The van der Waals surface area contributed by atoms with E-state index in [4.69, 9.17) is 26.3 Å². The Morgan fingerprint density at radius 1 is 1.02 bits per heavy atom. The number of aromatic nitrogens is 2. The quantitative estimate of drug-likeness (QED) is 0.274. The van der Waals surface area contributed by atoms with Gasteiger partial charge in [0.2, 0.25) is 5.88 Å². The third-order valence-corrected chi connectivity index (χ3v) is 8.54. The van der Waals surface area contributed by atoms with Gasteiger partial charge in [-0.3, -0.25) is 9.80 Å². The molecule has 0 saturated heterocycles. The highest BCUT2D eigenvalue weighted by molar-refractivity contribution is 6.36. The fraction of sp³-hybridized carbons (Fsp3) is 0.281. The second-order valence-electron chi connectivity index (χ2n) is 10.6. The van der Waals surface area contributed by atoms with Crippen molar-refractivity contribution < 1.29 is 14.6 Å². The van der Waals surface area contributed by atoms with Gasteiger partial charge in [-0.05, 0) is 68.0 Å². The minimum atomic E-state index is -1.13. The van der Waals surface area contributed by atoms with Crippen molar-refractivity contribution >= 4 is 34.8 Å². The van der Waals surface area contributed by atoms with E-state index in [2.05, 4.69) is 11.4 Å². The van der Waals surface area contributed by atoms with E-state index in [1.165, 1.54) is 20.9 Å². The highest BCUT2D eigenvalue weighted by Crippen LogP contribution is 2.43. The highest BCUT2D eigenvalue weighted by atomic mass is 35.5. The fourth-order valence-corrected chi connectivity index (χ4v) is 6.24. The van der Waals surface area contributed by atoms with Crippen molar-refractivity contribution in [2.24, 2.45) is 0 Å². The highest BCUT2D eigenvalue weighted by Gasteiger charge is 2.35. The first kappa shape index (κ1) is 27.1. The molecule has 4 aromatic rings. The summed E-state index contributed by atoms with van der Waals surface area (Å²) in [6.07, 6.45) is 1.96. The zero-order chi connectivity index (χ0) is 29.0. The van der Waals surface area contributed by atoms with Gasteiger partial charge in [-0.2, -0.15) is 0 Å². The zero-order valence-corrected chi connectivity index (χ0v) is 24.5. The molecule has 1 atom stereocenters. The number of hydrogen-bond acceptors (Lipinski definition) is 6. The normalized spacial score (nSPS) is 16.1. The van der Waals surface area contributed by atoms with Crippen LogP contribution in [0.3, 0.4) is 0 Å². The molecule has 1 unspecified atom stereocenters. The van der Waals surface area contributed by atoms with E-state index in [9.17, 15) is 9.90 Å². The van der Waals surface area contributed by atoms with Crippen molar-refractivity contribution in [2.45, 2.75) is 39.3 Å². The molecule has 0 fully saturated rings. The molecule has 9 heteroatoms. The van der Waals surface area contributed by atoms with Crippen molar-refractivity contribution in [3.05, 3.63) is 81.5 Å². The summed E-state index contributed by atoms with van der Waals surface area (Å²) in [5.41, 5.74) is 9.63. The van der Waals surface area contributed by atoms with Crippen LogP contribution in [0.25, 0.3) is 22.4 Å². The van der Waals surface area contributed by atoms with Gasteiger partial charge in [0.1, 0.15) is 5.82 Å². The molecule has 1 aliphatic carbocycles. The molecule has 0 radical (unpaired) electrons. The standard InChI is InChI=1S/C32H32ClN5O3/c1-17-15-26-27(31(39)38(4)32(40)37(26)3)29(34-17)35-24-14-8-10-20(18(24)2)22-12-7-13-23(28(22)33)25-16-19-9-6-11-21(19)30(36-25)41-5/h7-8,10,12-16,31,39H,6,9,11H2,1-5H3,(H,34,35). The van der Waals surface area contributed by atoms with Crippen molar-refractivity contribution in [1.82, 2.24) is 14.9 Å². The SMILES string of the molecule is COc1nc(-c2cccc(-c3cccc(Nc4nc(C)cc5c4C(O)N(C)C(=O)N5C)c3C)c2Cl)cc2c1CCC2. The van der Waals surface area contributed by atoms with Gasteiger partial charge in [-0.1, -0.05) is 41.9 Å². The van der Waals surface area contributed by atoms with Gasteiger partial charge < -0.3 is 15.2 Å². The van der Waals surface area contributed by atoms with Crippen LogP contribution in [-0.4, -0.2) is 47.2 Å². The number of aliphatic hydroxyl groups excluding tert-OH is 1. The lowest BCUT2D eigenvalue weighted by molar-refractivity contribution is 0.0446. The molecule has 8 nitrogen and oxygen atoms in total. The number of halogens is 1. The molecule has 2 N–H and O–H groups in total. The van der Waals surface area contributed by atoms with E-state index in [1.807, 2.05) is 56.3 Å². The molecule has 41 heavy (non-hydrogen) atoms. The Kier molecular flexibility index (Phi) is 6.83. The van der Waals surface area contributed by atoms with Crippen LogP contribution in [0.1, 0.15) is 40.6 Å². The van der Waals surface area contributed by atoms with Crippen molar-refractivity contribution in [2.75, 3.05) is 31.4 Å². The predicted molar refractivity (Wildman–Crippen MR) is 162 cm³/mol. The largest absolute Gasteiger partial charge is 0.481 e. The van der Waals surface area contributed by atoms with Gasteiger partial charge in [0.05, 0.1) is 29.1 Å². The number of carbonyl (C=O) groups excluding carboxylic acids is 1. The minimum Gasteiger partial charge on any atom is -0.481 e. The molecule has 0 saturated carbocycles. The van der Waals surface area contributed by atoms with E-state index >= 15 is 0 Å². The summed E-state index contributed by atoms with van der Waals surface area (Å²) >= 11 is 7.10. The Balaban J connectivity index is 1.42. The van der Waals surface area contributed by atoms with Crippen molar-refractivity contribution in [3.8, 4) is 28.3 Å². The number of carbonyl (C=O) groups is 1. The molecule has 2 aliphatic rings. The number of anilines is 3. The summed E-state index contributed by atoms with van der Waals surface area (Å²) in [5, 5.41) is 15.1. The summed E-state index contributed by atoms with van der Waals surface area (Å²) in [5.74, 6) is 1.17. The number of fused-ring (bicyclic) bond motifs is 2. The first-order chi connectivity index (χ1) is 19.7. The van der Waals surface area contributed by atoms with E-state index in [-0.39, 0.29) is 6.03 Å². The Labute approximate surface area is 244 Å². The molecule has 1 aliphatic heterocycles. The van der Waals surface area contributed by atoms with Crippen LogP contribution in [-0.2, 0) is 12.8 Å². The molecule has 0 bridgehead atoms. The average Bonchev–Trinajstić information content (AvgIpc) is 3.44. The number of benzene rings is 2. The number of aryl methyl sites for hydroxylation is 2. The van der Waals surface area contributed by atoms with Gasteiger partial charge in [0.25, 0.3) is 0 Å². The van der Waals surface area contributed by atoms with E-state index in [0.717, 1.165) is 58.6 Å². The van der Waals surface area contributed by atoms with Crippen LogP contribution in [0.15, 0.2) is 48.5 Å². The lowest BCUT2D eigenvalue weighted by Crippen LogP contribution is -2.46. The monoisotopic (exact) mass is 569 g/mol. The minimum absolute atomic E-state index is 0.287. The summed E-state index contributed by atoms with van der Waals surface area (Å²) in [6, 6.07) is 15.6. The molecule has 2 aromatic heterocycles. The van der Waals surface area contributed by atoms with E-state index in [1.54, 1.807) is 21.2 Å². The summed E-state index contributed by atoms with van der Waals surface area (Å²) in [6.45, 7) is 3.89. The van der Waals surface area contributed by atoms with Crippen LogP contribution in [0, 0.1) is 13.8 Å². The van der Waals surface area contributed by atoms with Crippen molar-refractivity contribution in [1.29, 1.82) is 0 Å². The lowest BCUT2D eigenvalue weighted by atomic mass is 9.96. The second-order valence-corrected chi connectivity index (χ2v) is 11.0. The van der Waals surface area contributed by atoms with Crippen molar-refractivity contribution in [3.63, 3.8) is 0 Å². The van der Waals surface area contributed by atoms with Gasteiger partial charge >= 0.3 is 6.03 Å². The number of urea groups is 1. The average molecular weight is 570 g/mol. The Bertz CT molecular complexity index is 1710. The van der Waals surface area contributed by atoms with Crippen LogP contribution >= 0.6 is 11.6 Å². The van der Waals surface area contributed by atoms with Gasteiger partial charge in [-0.25, -0.2) is 14.8 Å². The summed E-state index contributed by atoms with van der Waals surface area (Å²) in [7, 11) is 4.93. The fourth-order valence-electron chi connectivity index (χ4n) is 5.91. The number of rotatable bonds is 5. The molecular weight excluding hydrogens is 538 g/mol. The third-order valence-electron chi connectivity index (χ3n) is 8.14. The number of methoxy groups -OCH3 is 1. The maximum absolute atomic E-state index is 12.6. The molecule has 2 aromatic carbocycles. The van der Waals surface area contributed by atoms with E-state index < -0.39 is 6.23 Å². The molecule has 0 spiro atoms. The maximum atomic E-state index is 12.6. The van der Waals surface area contributed by atoms with Gasteiger partial charge in [-0.15, -0.1) is 0 Å². The summed E-state index contributed by atoms with van der Waals surface area (Å²) < 4.78 is 5.63. The van der Waals surface area contributed by atoms with Crippen LogP contribution in [0.5, 0.6) is 5.88 Å². The third kappa shape index (κ3) is 4.47. The molecule has 3 heterocycles. The van der Waals surface area contributed by atoms with Crippen LogP contribution in [0.4, 0.5) is 22.0 Å².